The van der Waals surface area contributed by atoms with E-state index in [-0.39, 0.29) is 18.6 Å². The molecule has 0 fully saturated rings. The van der Waals surface area contributed by atoms with Crippen molar-refractivity contribution in [1.29, 1.82) is 0 Å². The van der Waals surface area contributed by atoms with Crippen molar-refractivity contribution in [3.05, 3.63) is 51.3 Å². The first kappa shape index (κ1) is 20.1. The molecule has 0 radical (unpaired) electrons. The van der Waals surface area contributed by atoms with Gasteiger partial charge in [0.05, 0.1) is 52.1 Å². The Morgan fingerprint density at radius 2 is 2.06 bits per heavy atom. The van der Waals surface area contributed by atoms with E-state index in [2.05, 4.69) is 16.8 Å². The van der Waals surface area contributed by atoms with Crippen molar-refractivity contribution in [2.45, 2.75) is 51.9 Å². The molecule has 5 heterocycles. The van der Waals surface area contributed by atoms with Crippen molar-refractivity contribution in [3.63, 3.8) is 0 Å². The van der Waals surface area contributed by atoms with E-state index in [4.69, 9.17) is 9.72 Å². The number of aliphatic hydroxyl groups is 1. The number of hydrogen-bond donors (Lipinski definition) is 1. The number of carbonyl (C=O) groups is 1. The topological polar surface area (TPSA) is 97.0 Å². The first-order valence-corrected chi connectivity index (χ1v) is 11.4. The number of aliphatic imine (C=N–C) groups is 1. The molecule has 3 aromatic rings. The maximum atomic E-state index is 13.5. The lowest BCUT2D eigenvalue weighted by Gasteiger charge is -2.31. The third-order valence-corrected chi connectivity index (χ3v) is 7.04. The van der Waals surface area contributed by atoms with Gasteiger partial charge in [0.2, 0.25) is 0 Å². The summed E-state index contributed by atoms with van der Waals surface area (Å²) in [5, 5.41) is 12.1. The smallest absolute Gasteiger partial charge is 0.343 e. The summed E-state index contributed by atoms with van der Waals surface area (Å²) >= 11 is 0. The molecular weight excluding hydrogens is 420 g/mol. The highest BCUT2D eigenvalue weighted by Gasteiger charge is 2.45. The van der Waals surface area contributed by atoms with Crippen LogP contribution in [-0.4, -0.2) is 33.5 Å². The van der Waals surface area contributed by atoms with Crippen LogP contribution in [0.3, 0.4) is 0 Å². The highest BCUT2D eigenvalue weighted by atomic mass is 16.6. The number of aromatic nitrogens is 2. The van der Waals surface area contributed by atoms with E-state index >= 15 is 0 Å². The first-order chi connectivity index (χ1) is 16.0. The van der Waals surface area contributed by atoms with Gasteiger partial charge in [0, 0.05) is 17.7 Å². The third kappa shape index (κ3) is 2.61. The summed E-state index contributed by atoms with van der Waals surface area (Å²) in [5.41, 5.74) is 3.59. The van der Waals surface area contributed by atoms with Crippen molar-refractivity contribution in [2.24, 2.45) is 4.99 Å². The lowest BCUT2D eigenvalue weighted by molar-refractivity contribution is -0.172. The minimum absolute atomic E-state index is 0.121. The second kappa shape index (κ2) is 6.99. The van der Waals surface area contributed by atoms with Crippen LogP contribution in [0.2, 0.25) is 0 Å². The van der Waals surface area contributed by atoms with Crippen LogP contribution in [0.4, 0.5) is 11.4 Å². The van der Waals surface area contributed by atoms with Gasteiger partial charge in [-0.3, -0.25) is 4.79 Å². The molecule has 0 spiro atoms. The number of fused-ring (bicyclic) bond motifs is 5. The molecule has 3 aliphatic heterocycles. The van der Waals surface area contributed by atoms with Gasteiger partial charge in [-0.2, -0.15) is 0 Å². The highest BCUT2D eigenvalue weighted by Crippen LogP contribution is 2.46. The Morgan fingerprint density at radius 3 is 2.85 bits per heavy atom. The van der Waals surface area contributed by atoms with Crippen molar-refractivity contribution >= 4 is 34.6 Å². The number of pyridine rings is 2. The standard InChI is InChI=1S/C25H24N4O4/c1-3-5-9-28-13-26-17-7-6-8-18-20(17)22(28)14-11-29-19(21(14)27-18)10-16-15(23(29)30)12-33-24(31)25(16,32)4-2/h6-8,10,13,32H,3-5,9,11-12H2,1-2H3/t25-/m0/s1. The molecule has 0 amide bonds. The Bertz CT molecular complexity index is 1440. The number of esters is 1. The summed E-state index contributed by atoms with van der Waals surface area (Å²) in [4.78, 5) is 37.7. The fraction of sp³-hybridized carbons (Fsp3) is 0.360. The first-order valence-electron chi connectivity index (χ1n) is 11.4. The minimum atomic E-state index is -1.83. The maximum absolute atomic E-state index is 13.5. The number of carbonyl (C=O) groups excluding carboxylic acids is 1. The Hall–Kier alpha value is -3.52. The average Bonchev–Trinajstić information content (AvgIpc) is 3.20. The van der Waals surface area contributed by atoms with Gasteiger partial charge in [-0.25, -0.2) is 14.8 Å². The Kier molecular flexibility index (Phi) is 4.26. The number of unbranched alkanes of at least 4 members (excludes halogenated alkanes) is 1. The number of benzene rings is 1. The van der Waals surface area contributed by atoms with Gasteiger partial charge >= 0.3 is 5.97 Å². The molecule has 0 saturated heterocycles. The molecule has 168 valence electrons. The van der Waals surface area contributed by atoms with Gasteiger partial charge in [0.15, 0.2) is 5.60 Å². The largest absolute Gasteiger partial charge is 0.458 e. The third-order valence-electron chi connectivity index (χ3n) is 7.04. The molecule has 0 bridgehead atoms. The number of ether oxygens (including phenoxy) is 1. The molecule has 6 rings (SSSR count). The van der Waals surface area contributed by atoms with Gasteiger partial charge in [-0.15, -0.1) is 0 Å². The molecule has 2 aromatic heterocycles. The molecule has 1 aromatic carbocycles. The van der Waals surface area contributed by atoms with Crippen LogP contribution in [0.1, 0.15) is 49.8 Å². The van der Waals surface area contributed by atoms with Crippen LogP contribution in [0.5, 0.6) is 0 Å². The molecule has 0 unspecified atom stereocenters. The zero-order valence-corrected chi connectivity index (χ0v) is 18.6. The van der Waals surface area contributed by atoms with Gasteiger partial charge in [-0.05, 0) is 31.0 Å². The van der Waals surface area contributed by atoms with E-state index in [1.165, 1.54) is 0 Å². The second-order valence-electron chi connectivity index (χ2n) is 8.85. The van der Waals surface area contributed by atoms with E-state index in [0.29, 0.717) is 29.1 Å². The van der Waals surface area contributed by atoms with Gasteiger partial charge in [0.1, 0.15) is 6.61 Å². The summed E-state index contributed by atoms with van der Waals surface area (Å²) in [6.45, 7) is 4.92. The molecule has 8 heteroatoms. The number of nitrogens with zero attached hydrogens (tertiary/aromatic N) is 4. The lowest BCUT2D eigenvalue weighted by atomic mass is 9.86. The molecule has 1 atom stereocenters. The fourth-order valence-corrected chi connectivity index (χ4v) is 5.20. The van der Waals surface area contributed by atoms with E-state index in [9.17, 15) is 14.7 Å². The summed E-state index contributed by atoms with van der Waals surface area (Å²) in [6.07, 6.45) is 4.05. The van der Waals surface area contributed by atoms with Crippen molar-refractivity contribution in [1.82, 2.24) is 9.55 Å². The van der Waals surface area contributed by atoms with E-state index in [0.717, 1.165) is 47.2 Å². The van der Waals surface area contributed by atoms with Gasteiger partial charge in [-0.1, -0.05) is 26.3 Å². The van der Waals surface area contributed by atoms with Crippen LogP contribution in [-0.2, 0) is 28.3 Å². The monoisotopic (exact) mass is 444 g/mol. The zero-order valence-electron chi connectivity index (χ0n) is 18.6. The summed E-state index contributed by atoms with van der Waals surface area (Å²) in [7, 11) is 0. The SMILES string of the molecule is CCCCN1C=Nc2cccc3nc4c(c1c23)Cn1c-4cc2c(c1=O)COC(=O)[C@]2(O)CC. The minimum Gasteiger partial charge on any atom is -0.458 e. The van der Waals surface area contributed by atoms with Crippen LogP contribution in [0.25, 0.3) is 22.3 Å². The Labute approximate surface area is 190 Å². The fourth-order valence-electron chi connectivity index (χ4n) is 5.20. The second-order valence-corrected chi connectivity index (χ2v) is 8.85. The number of hydrogen-bond acceptors (Lipinski definition) is 7. The lowest BCUT2D eigenvalue weighted by Crippen LogP contribution is -2.44. The van der Waals surface area contributed by atoms with E-state index in [1.807, 2.05) is 24.5 Å². The van der Waals surface area contributed by atoms with Gasteiger partial charge in [0.25, 0.3) is 5.56 Å². The molecule has 0 aliphatic carbocycles. The van der Waals surface area contributed by atoms with Crippen molar-refractivity contribution in [3.8, 4) is 11.4 Å². The number of cyclic esters (lactones) is 1. The highest BCUT2D eigenvalue weighted by molar-refractivity contribution is 6.11. The Morgan fingerprint density at radius 1 is 1.21 bits per heavy atom. The van der Waals surface area contributed by atoms with Gasteiger partial charge < -0.3 is 19.3 Å². The summed E-state index contributed by atoms with van der Waals surface area (Å²) in [5.74, 6) is -0.715. The van der Waals surface area contributed by atoms with Crippen molar-refractivity contribution < 1.29 is 14.6 Å². The molecule has 1 N–H and O–H groups in total. The molecule has 33 heavy (non-hydrogen) atoms. The molecular formula is C25H24N4O4. The Balaban J connectivity index is 1.63. The number of anilines is 1. The van der Waals surface area contributed by atoms with E-state index in [1.54, 1.807) is 17.6 Å². The molecule has 3 aliphatic rings. The van der Waals surface area contributed by atoms with Crippen molar-refractivity contribution in [2.75, 3.05) is 11.4 Å². The molecule has 8 nitrogen and oxygen atoms in total. The van der Waals surface area contributed by atoms with Crippen LogP contribution >= 0.6 is 0 Å². The maximum Gasteiger partial charge on any atom is 0.343 e. The predicted octanol–water partition coefficient (Wildman–Crippen LogP) is 3.36. The zero-order chi connectivity index (χ0) is 22.9. The average molecular weight is 444 g/mol. The van der Waals surface area contributed by atoms with E-state index < -0.39 is 11.6 Å². The summed E-state index contributed by atoms with van der Waals surface area (Å²) < 4.78 is 6.86. The summed E-state index contributed by atoms with van der Waals surface area (Å²) in [6, 6.07) is 7.63. The number of rotatable bonds is 4. The molecule has 0 saturated carbocycles. The predicted molar refractivity (Wildman–Crippen MR) is 125 cm³/mol. The quantitative estimate of drug-likeness (QED) is 0.485. The normalized spacial score (nSPS) is 20.0. The van der Waals surface area contributed by atoms with Crippen LogP contribution < -0.4 is 10.5 Å². The van der Waals surface area contributed by atoms with Crippen LogP contribution in [0.15, 0.2) is 34.1 Å². The van der Waals surface area contributed by atoms with Crippen LogP contribution in [0, 0.1) is 0 Å².